The highest BCUT2D eigenvalue weighted by Crippen LogP contribution is 2.26. The molecule has 0 spiro atoms. The van der Waals surface area contributed by atoms with Crippen molar-refractivity contribution in [2.75, 3.05) is 7.11 Å². The van der Waals surface area contributed by atoms with Crippen LogP contribution in [-0.4, -0.2) is 21.9 Å². The number of aryl methyl sites for hydroxylation is 2. The van der Waals surface area contributed by atoms with Gasteiger partial charge in [0, 0.05) is 11.4 Å². The number of hydrogen-bond donors (Lipinski definition) is 0. The highest BCUT2D eigenvalue weighted by molar-refractivity contribution is 7.98. The van der Waals surface area contributed by atoms with Crippen LogP contribution in [0.3, 0.4) is 0 Å². The van der Waals surface area contributed by atoms with E-state index in [4.69, 9.17) is 4.74 Å². The lowest BCUT2D eigenvalue weighted by molar-refractivity contribution is 0.414. The number of thioether (sulfide) groups is 1. The molecule has 0 radical (unpaired) electrons. The van der Waals surface area contributed by atoms with Crippen LogP contribution in [-0.2, 0) is 5.75 Å². The van der Waals surface area contributed by atoms with Crippen LogP contribution in [0.2, 0.25) is 0 Å². The largest absolute Gasteiger partial charge is 0.497 e. The first-order valence-electron chi connectivity index (χ1n) is 7.42. The van der Waals surface area contributed by atoms with Gasteiger partial charge >= 0.3 is 0 Å². The number of benzene rings is 2. The van der Waals surface area contributed by atoms with Crippen LogP contribution < -0.4 is 4.74 Å². The molecule has 23 heavy (non-hydrogen) atoms. The lowest BCUT2D eigenvalue weighted by Gasteiger charge is -2.09. The van der Waals surface area contributed by atoms with Gasteiger partial charge in [0.05, 0.1) is 7.11 Å². The molecular weight excluding hydrogens is 306 g/mol. The van der Waals surface area contributed by atoms with E-state index in [9.17, 15) is 0 Å². The van der Waals surface area contributed by atoms with E-state index in [0.29, 0.717) is 0 Å². The van der Waals surface area contributed by atoms with Gasteiger partial charge in [-0.2, -0.15) is 0 Å². The molecule has 118 valence electrons. The SMILES string of the molecule is COc1ccc(CSc2nnc(C)n2-c2cccc(C)c2)cc1. The predicted octanol–water partition coefficient (Wildman–Crippen LogP) is 4.19. The zero-order valence-electron chi connectivity index (χ0n) is 13.5. The molecule has 0 unspecified atom stereocenters. The number of rotatable bonds is 5. The molecule has 1 aromatic heterocycles. The van der Waals surface area contributed by atoms with Crippen molar-refractivity contribution in [3.63, 3.8) is 0 Å². The van der Waals surface area contributed by atoms with Crippen LogP contribution in [0.4, 0.5) is 0 Å². The average molecular weight is 325 g/mol. The van der Waals surface area contributed by atoms with Gasteiger partial charge in [0.2, 0.25) is 0 Å². The number of hydrogen-bond acceptors (Lipinski definition) is 4. The van der Waals surface area contributed by atoms with Crippen molar-refractivity contribution >= 4 is 11.8 Å². The van der Waals surface area contributed by atoms with E-state index in [0.717, 1.165) is 28.2 Å². The van der Waals surface area contributed by atoms with Crippen molar-refractivity contribution in [1.29, 1.82) is 0 Å². The Morgan fingerprint density at radius 3 is 2.52 bits per heavy atom. The minimum Gasteiger partial charge on any atom is -0.497 e. The molecule has 0 bridgehead atoms. The summed E-state index contributed by atoms with van der Waals surface area (Å²) in [6.07, 6.45) is 0. The van der Waals surface area contributed by atoms with Crippen molar-refractivity contribution in [2.24, 2.45) is 0 Å². The summed E-state index contributed by atoms with van der Waals surface area (Å²) in [6.45, 7) is 4.07. The molecule has 0 atom stereocenters. The Kier molecular flexibility index (Phi) is 4.67. The molecule has 1 heterocycles. The molecule has 0 aliphatic rings. The number of ether oxygens (including phenoxy) is 1. The van der Waals surface area contributed by atoms with Gasteiger partial charge in [0.1, 0.15) is 11.6 Å². The molecule has 0 fully saturated rings. The average Bonchev–Trinajstić information content (AvgIpc) is 2.94. The van der Waals surface area contributed by atoms with Gasteiger partial charge in [0.15, 0.2) is 5.16 Å². The third kappa shape index (κ3) is 3.56. The Labute approximate surface area is 140 Å². The molecule has 0 aliphatic heterocycles. The maximum atomic E-state index is 5.19. The minimum absolute atomic E-state index is 0.841. The van der Waals surface area contributed by atoms with Crippen LogP contribution in [0.25, 0.3) is 5.69 Å². The molecule has 0 aliphatic carbocycles. The van der Waals surface area contributed by atoms with Gasteiger partial charge < -0.3 is 4.74 Å². The molecule has 0 saturated carbocycles. The topological polar surface area (TPSA) is 39.9 Å². The third-order valence-corrected chi connectivity index (χ3v) is 4.58. The Balaban J connectivity index is 1.81. The van der Waals surface area contributed by atoms with E-state index in [1.54, 1.807) is 18.9 Å². The summed E-state index contributed by atoms with van der Waals surface area (Å²) in [4.78, 5) is 0. The summed E-state index contributed by atoms with van der Waals surface area (Å²) in [7, 11) is 1.68. The number of nitrogens with zero attached hydrogens (tertiary/aromatic N) is 3. The van der Waals surface area contributed by atoms with Gasteiger partial charge in [-0.1, -0.05) is 36.0 Å². The second-order valence-electron chi connectivity index (χ2n) is 5.34. The number of methoxy groups -OCH3 is 1. The lowest BCUT2D eigenvalue weighted by Crippen LogP contribution is -1.99. The second-order valence-corrected chi connectivity index (χ2v) is 6.28. The third-order valence-electron chi connectivity index (χ3n) is 3.58. The normalized spacial score (nSPS) is 10.7. The maximum Gasteiger partial charge on any atom is 0.196 e. The van der Waals surface area contributed by atoms with E-state index in [2.05, 4.69) is 58.1 Å². The summed E-state index contributed by atoms with van der Waals surface area (Å²) in [5.41, 5.74) is 3.55. The molecule has 3 aromatic rings. The summed E-state index contributed by atoms with van der Waals surface area (Å²) in [6, 6.07) is 16.5. The highest BCUT2D eigenvalue weighted by Gasteiger charge is 2.11. The van der Waals surface area contributed by atoms with E-state index in [-0.39, 0.29) is 0 Å². The van der Waals surface area contributed by atoms with Crippen molar-refractivity contribution < 1.29 is 4.74 Å². The minimum atomic E-state index is 0.841. The van der Waals surface area contributed by atoms with Crippen LogP contribution in [0.15, 0.2) is 53.7 Å². The second kappa shape index (κ2) is 6.87. The van der Waals surface area contributed by atoms with Crippen molar-refractivity contribution in [2.45, 2.75) is 24.8 Å². The Morgan fingerprint density at radius 2 is 1.83 bits per heavy atom. The van der Waals surface area contributed by atoms with Gasteiger partial charge in [-0.25, -0.2) is 0 Å². The molecule has 3 rings (SSSR count). The molecule has 0 N–H and O–H groups in total. The fourth-order valence-corrected chi connectivity index (χ4v) is 3.32. The monoisotopic (exact) mass is 325 g/mol. The van der Waals surface area contributed by atoms with E-state index in [1.807, 2.05) is 19.1 Å². The van der Waals surface area contributed by atoms with Crippen LogP contribution in [0.5, 0.6) is 5.75 Å². The van der Waals surface area contributed by atoms with Gasteiger partial charge in [-0.15, -0.1) is 10.2 Å². The zero-order chi connectivity index (χ0) is 16.2. The van der Waals surface area contributed by atoms with Gasteiger partial charge in [-0.3, -0.25) is 4.57 Å². The van der Waals surface area contributed by atoms with Crippen molar-refractivity contribution in [3.8, 4) is 11.4 Å². The quantitative estimate of drug-likeness (QED) is 0.660. The van der Waals surface area contributed by atoms with Crippen molar-refractivity contribution in [1.82, 2.24) is 14.8 Å². The van der Waals surface area contributed by atoms with Gasteiger partial charge in [0.25, 0.3) is 0 Å². The van der Waals surface area contributed by atoms with Crippen LogP contribution >= 0.6 is 11.8 Å². The highest BCUT2D eigenvalue weighted by atomic mass is 32.2. The first-order chi connectivity index (χ1) is 11.2. The summed E-state index contributed by atoms with van der Waals surface area (Å²) in [5.74, 6) is 2.61. The van der Waals surface area contributed by atoms with Crippen LogP contribution in [0, 0.1) is 13.8 Å². The summed E-state index contributed by atoms with van der Waals surface area (Å²) in [5, 5.41) is 9.46. The van der Waals surface area contributed by atoms with E-state index in [1.165, 1.54) is 11.1 Å². The van der Waals surface area contributed by atoms with E-state index >= 15 is 0 Å². The predicted molar refractivity (Wildman–Crippen MR) is 93.4 cm³/mol. The fraction of sp³-hybridized carbons (Fsp3) is 0.222. The fourth-order valence-electron chi connectivity index (χ4n) is 2.37. The molecule has 0 amide bonds. The summed E-state index contributed by atoms with van der Waals surface area (Å²) >= 11 is 1.68. The van der Waals surface area contributed by atoms with Crippen LogP contribution in [0.1, 0.15) is 17.0 Å². The molecular formula is C18H19N3OS. The Hall–Kier alpha value is -2.27. The Morgan fingerprint density at radius 1 is 1.04 bits per heavy atom. The lowest BCUT2D eigenvalue weighted by atomic mass is 10.2. The first-order valence-corrected chi connectivity index (χ1v) is 8.41. The molecule has 4 nitrogen and oxygen atoms in total. The molecule has 5 heteroatoms. The van der Waals surface area contributed by atoms with E-state index < -0.39 is 0 Å². The summed E-state index contributed by atoms with van der Waals surface area (Å²) < 4.78 is 7.29. The first kappa shape index (κ1) is 15.6. The van der Waals surface area contributed by atoms with Crippen molar-refractivity contribution in [3.05, 3.63) is 65.5 Å². The molecule has 2 aromatic carbocycles. The number of aromatic nitrogens is 3. The zero-order valence-corrected chi connectivity index (χ0v) is 14.3. The smallest absolute Gasteiger partial charge is 0.196 e. The maximum absolute atomic E-state index is 5.19. The Bertz CT molecular complexity index is 796. The van der Waals surface area contributed by atoms with Gasteiger partial charge in [-0.05, 0) is 49.2 Å². The molecule has 0 saturated heterocycles. The standard InChI is InChI=1S/C18H19N3OS/c1-13-5-4-6-16(11-13)21-14(2)19-20-18(21)23-12-15-7-9-17(22-3)10-8-15/h4-11H,12H2,1-3H3.